The molecular weight excluding hydrogens is 294 g/mol. The van der Waals surface area contributed by atoms with Gasteiger partial charge < -0.3 is 15.4 Å². The lowest BCUT2D eigenvalue weighted by Gasteiger charge is -2.34. The first-order chi connectivity index (χ1) is 10.7. The highest BCUT2D eigenvalue weighted by atomic mass is 16.6. The largest absolute Gasteiger partial charge is 0.459 e. The van der Waals surface area contributed by atoms with Crippen LogP contribution in [0.4, 0.5) is 5.69 Å². The number of nitrogen functional groups attached to an aromatic ring is 1. The fraction of sp³-hybridized carbons (Fsp3) is 0.529. The lowest BCUT2D eigenvalue weighted by atomic mass is 10.1. The Hall–Kier alpha value is -2.08. The highest BCUT2D eigenvalue weighted by Crippen LogP contribution is 2.12. The van der Waals surface area contributed by atoms with E-state index in [1.807, 2.05) is 25.7 Å². The summed E-state index contributed by atoms with van der Waals surface area (Å²) < 4.78 is 5.32. The second-order valence-electron chi connectivity index (χ2n) is 6.78. The monoisotopic (exact) mass is 319 g/mol. The number of ether oxygens (including phenoxy) is 1. The minimum atomic E-state index is -0.468. The average Bonchev–Trinajstić information content (AvgIpc) is 2.46. The summed E-state index contributed by atoms with van der Waals surface area (Å²) in [4.78, 5) is 28.1. The summed E-state index contributed by atoms with van der Waals surface area (Å²) in [6, 6.07) is 6.94. The molecule has 1 amide bonds. The van der Waals surface area contributed by atoms with E-state index in [1.165, 1.54) is 0 Å². The second kappa shape index (κ2) is 7.00. The number of carbonyl (C=O) groups is 2. The Balaban J connectivity index is 1.83. The lowest BCUT2D eigenvalue weighted by molar-refractivity contribution is -0.156. The molecule has 1 aliphatic rings. The van der Waals surface area contributed by atoms with Crippen LogP contribution < -0.4 is 5.73 Å². The minimum absolute atomic E-state index is 0.00178. The molecule has 0 saturated carbocycles. The zero-order valence-corrected chi connectivity index (χ0v) is 14.0. The van der Waals surface area contributed by atoms with Crippen molar-refractivity contribution in [3.8, 4) is 0 Å². The van der Waals surface area contributed by atoms with Gasteiger partial charge in [0.05, 0.1) is 6.54 Å². The van der Waals surface area contributed by atoms with Gasteiger partial charge in [-0.25, -0.2) is 0 Å². The molecule has 1 aliphatic heterocycles. The number of amides is 1. The maximum atomic E-state index is 12.4. The van der Waals surface area contributed by atoms with Crippen LogP contribution in [0.25, 0.3) is 0 Å². The van der Waals surface area contributed by atoms with Gasteiger partial charge in [0.2, 0.25) is 0 Å². The quantitative estimate of drug-likeness (QED) is 0.673. The fourth-order valence-corrected chi connectivity index (χ4v) is 2.47. The van der Waals surface area contributed by atoms with Crippen molar-refractivity contribution in [1.29, 1.82) is 0 Å². The molecule has 0 aromatic heterocycles. The highest BCUT2D eigenvalue weighted by Gasteiger charge is 2.25. The van der Waals surface area contributed by atoms with Gasteiger partial charge in [0.15, 0.2) is 0 Å². The average molecular weight is 319 g/mol. The van der Waals surface area contributed by atoms with Crippen molar-refractivity contribution in [3.05, 3.63) is 29.8 Å². The Kier molecular flexibility index (Phi) is 5.26. The molecule has 0 bridgehead atoms. The molecule has 0 unspecified atom stereocenters. The maximum absolute atomic E-state index is 12.4. The van der Waals surface area contributed by atoms with Crippen molar-refractivity contribution in [2.75, 3.05) is 38.5 Å². The molecule has 1 aromatic rings. The lowest BCUT2D eigenvalue weighted by Crippen LogP contribution is -2.50. The Morgan fingerprint density at radius 3 is 2.17 bits per heavy atom. The van der Waals surface area contributed by atoms with Crippen molar-refractivity contribution >= 4 is 17.6 Å². The third-order valence-corrected chi connectivity index (χ3v) is 3.59. The summed E-state index contributed by atoms with van der Waals surface area (Å²) in [7, 11) is 0. The Morgan fingerprint density at radius 1 is 1.09 bits per heavy atom. The van der Waals surface area contributed by atoms with E-state index in [0.717, 1.165) is 0 Å². The van der Waals surface area contributed by atoms with E-state index in [2.05, 4.69) is 0 Å². The van der Waals surface area contributed by atoms with Crippen LogP contribution in [0.1, 0.15) is 31.1 Å². The first-order valence-corrected chi connectivity index (χ1v) is 7.83. The van der Waals surface area contributed by atoms with Crippen LogP contribution in [0.15, 0.2) is 24.3 Å². The van der Waals surface area contributed by atoms with Gasteiger partial charge >= 0.3 is 5.97 Å². The molecule has 1 heterocycles. The molecule has 0 aliphatic carbocycles. The molecule has 2 N–H and O–H groups in total. The van der Waals surface area contributed by atoms with Crippen molar-refractivity contribution in [1.82, 2.24) is 9.80 Å². The number of nitrogens with two attached hydrogens (primary N) is 1. The molecule has 6 heteroatoms. The van der Waals surface area contributed by atoms with E-state index in [1.54, 1.807) is 29.2 Å². The van der Waals surface area contributed by atoms with Gasteiger partial charge in [-0.15, -0.1) is 0 Å². The van der Waals surface area contributed by atoms with E-state index < -0.39 is 5.60 Å². The standard InChI is InChI=1S/C17H25N3O3/c1-17(2,3)23-15(21)12-19-8-10-20(11-9-19)16(22)13-4-6-14(18)7-5-13/h4-7H,8-12,18H2,1-3H3. The van der Waals surface area contributed by atoms with Crippen molar-refractivity contribution in [2.45, 2.75) is 26.4 Å². The molecule has 6 nitrogen and oxygen atoms in total. The van der Waals surface area contributed by atoms with Gasteiger partial charge in [0, 0.05) is 37.4 Å². The van der Waals surface area contributed by atoms with Crippen LogP contribution >= 0.6 is 0 Å². The fourth-order valence-electron chi connectivity index (χ4n) is 2.47. The van der Waals surface area contributed by atoms with Crippen molar-refractivity contribution < 1.29 is 14.3 Å². The van der Waals surface area contributed by atoms with Crippen LogP contribution in [-0.2, 0) is 9.53 Å². The number of rotatable bonds is 3. The third kappa shape index (κ3) is 5.25. The minimum Gasteiger partial charge on any atom is -0.459 e. The normalized spacial score (nSPS) is 16.2. The van der Waals surface area contributed by atoms with E-state index in [-0.39, 0.29) is 18.4 Å². The predicted octanol–water partition coefficient (Wildman–Crippen LogP) is 1.37. The number of nitrogens with zero attached hydrogens (tertiary/aromatic N) is 2. The van der Waals surface area contributed by atoms with Crippen molar-refractivity contribution in [3.63, 3.8) is 0 Å². The summed E-state index contributed by atoms with van der Waals surface area (Å²) in [6.45, 7) is 8.37. The molecule has 0 atom stereocenters. The van der Waals surface area contributed by atoms with E-state index in [4.69, 9.17) is 10.5 Å². The number of carbonyl (C=O) groups excluding carboxylic acids is 2. The van der Waals surface area contributed by atoms with Gasteiger partial charge in [0.1, 0.15) is 5.60 Å². The van der Waals surface area contributed by atoms with Crippen LogP contribution in [0.2, 0.25) is 0 Å². The Bertz CT molecular complexity index is 555. The van der Waals surface area contributed by atoms with Gasteiger partial charge in [0.25, 0.3) is 5.91 Å². The van der Waals surface area contributed by atoms with Crippen LogP contribution in [-0.4, -0.2) is 60.0 Å². The van der Waals surface area contributed by atoms with Gasteiger partial charge in [-0.05, 0) is 45.0 Å². The number of piperazine rings is 1. The van der Waals surface area contributed by atoms with Crippen molar-refractivity contribution in [2.24, 2.45) is 0 Å². The maximum Gasteiger partial charge on any atom is 0.320 e. The summed E-state index contributed by atoms with van der Waals surface area (Å²) in [6.07, 6.45) is 0. The number of benzene rings is 1. The molecule has 1 saturated heterocycles. The molecule has 0 radical (unpaired) electrons. The molecule has 1 fully saturated rings. The SMILES string of the molecule is CC(C)(C)OC(=O)CN1CCN(C(=O)c2ccc(N)cc2)CC1. The number of hydrogen-bond acceptors (Lipinski definition) is 5. The zero-order chi connectivity index (χ0) is 17.0. The number of hydrogen-bond donors (Lipinski definition) is 1. The van der Waals surface area contributed by atoms with Gasteiger partial charge in [-0.1, -0.05) is 0 Å². The van der Waals surface area contributed by atoms with Gasteiger partial charge in [-0.3, -0.25) is 14.5 Å². The number of esters is 1. The predicted molar refractivity (Wildman–Crippen MR) is 89.0 cm³/mol. The smallest absolute Gasteiger partial charge is 0.320 e. The molecular formula is C17H25N3O3. The second-order valence-corrected chi connectivity index (χ2v) is 6.78. The van der Waals surface area contributed by atoms with E-state index in [9.17, 15) is 9.59 Å². The molecule has 23 heavy (non-hydrogen) atoms. The first-order valence-electron chi connectivity index (χ1n) is 7.83. The topological polar surface area (TPSA) is 75.9 Å². The Morgan fingerprint density at radius 2 is 1.65 bits per heavy atom. The van der Waals surface area contributed by atoms with E-state index >= 15 is 0 Å². The zero-order valence-electron chi connectivity index (χ0n) is 14.0. The Labute approximate surface area is 137 Å². The van der Waals surface area contributed by atoms with Gasteiger partial charge in [-0.2, -0.15) is 0 Å². The summed E-state index contributed by atoms with van der Waals surface area (Å²) in [5, 5.41) is 0. The molecule has 1 aromatic carbocycles. The molecule has 126 valence electrons. The number of anilines is 1. The summed E-state index contributed by atoms with van der Waals surface area (Å²) >= 11 is 0. The highest BCUT2D eigenvalue weighted by molar-refractivity contribution is 5.94. The first kappa shape index (κ1) is 17.3. The van der Waals surface area contributed by atoms with E-state index in [0.29, 0.717) is 37.4 Å². The summed E-state index contributed by atoms with van der Waals surface area (Å²) in [5.74, 6) is -0.224. The van der Waals surface area contributed by atoms with Crippen LogP contribution in [0.5, 0.6) is 0 Å². The summed E-state index contributed by atoms with van der Waals surface area (Å²) in [5.41, 5.74) is 6.45. The molecule has 2 rings (SSSR count). The van der Waals surface area contributed by atoms with Crippen LogP contribution in [0, 0.1) is 0 Å². The van der Waals surface area contributed by atoms with Crippen LogP contribution in [0.3, 0.4) is 0 Å². The molecule has 0 spiro atoms. The third-order valence-electron chi connectivity index (χ3n) is 3.59.